The lowest BCUT2D eigenvalue weighted by atomic mass is 10.00. The van der Waals surface area contributed by atoms with Gasteiger partial charge in [-0.3, -0.25) is 4.79 Å². The maximum absolute atomic E-state index is 12.7. The van der Waals surface area contributed by atoms with E-state index in [-0.39, 0.29) is 17.3 Å². The van der Waals surface area contributed by atoms with Gasteiger partial charge in [-0.15, -0.1) is 0 Å². The molecule has 3 rings (SSSR count). The van der Waals surface area contributed by atoms with Crippen LogP contribution in [0.2, 0.25) is 0 Å². The topological polar surface area (TPSA) is 66.5 Å². The summed E-state index contributed by atoms with van der Waals surface area (Å²) in [5.41, 5.74) is 4.77. The van der Waals surface area contributed by atoms with Crippen LogP contribution in [0.25, 0.3) is 0 Å². The van der Waals surface area contributed by atoms with Crippen molar-refractivity contribution in [2.45, 2.75) is 38.6 Å². The molecule has 0 aromatic heterocycles. The molecule has 1 aliphatic heterocycles. The molecule has 138 valence electrons. The van der Waals surface area contributed by atoms with E-state index >= 15 is 0 Å². The molecule has 0 unspecified atom stereocenters. The largest absolute Gasteiger partial charge is 0.337 e. The van der Waals surface area contributed by atoms with Crippen molar-refractivity contribution < 1.29 is 13.2 Å². The second-order valence-electron chi connectivity index (χ2n) is 6.89. The second kappa shape index (κ2) is 7.21. The van der Waals surface area contributed by atoms with Gasteiger partial charge >= 0.3 is 0 Å². The minimum Gasteiger partial charge on any atom is -0.337 e. The summed E-state index contributed by atoms with van der Waals surface area (Å²) in [5.74, 6) is -0.203. The summed E-state index contributed by atoms with van der Waals surface area (Å²) < 4.78 is 27.9. The Hall–Kier alpha value is -2.18. The van der Waals surface area contributed by atoms with Crippen molar-refractivity contribution in [3.63, 3.8) is 0 Å². The molecule has 1 amide bonds. The first-order valence-corrected chi connectivity index (χ1v) is 10.2. The fraction of sp³-hybridized carbons (Fsp3) is 0.350. The average Bonchev–Trinajstić information content (AvgIpc) is 2.58. The first-order valence-electron chi connectivity index (χ1n) is 8.70. The zero-order chi connectivity index (χ0) is 18.9. The molecule has 26 heavy (non-hydrogen) atoms. The number of hydrogen-bond donors (Lipinski definition) is 1. The molecule has 1 aliphatic rings. The smallest absolute Gasteiger partial charge is 0.241 e. The lowest BCUT2D eigenvalue weighted by Gasteiger charge is -2.29. The fourth-order valence-corrected chi connectivity index (χ4v) is 5.06. The van der Waals surface area contributed by atoms with Crippen molar-refractivity contribution in [1.29, 1.82) is 0 Å². The molecule has 0 saturated carbocycles. The number of benzene rings is 2. The molecular formula is C20H24N2O3S. The Morgan fingerprint density at radius 3 is 2.35 bits per heavy atom. The predicted molar refractivity (Wildman–Crippen MR) is 101 cm³/mol. The number of fused-ring (bicyclic) bond motifs is 1. The molecule has 1 N–H and O–H groups in total. The first kappa shape index (κ1) is 18.6. The number of hydrogen-bond acceptors (Lipinski definition) is 3. The molecule has 5 nitrogen and oxygen atoms in total. The molecule has 0 fully saturated rings. The van der Waals surface area contributed by atoms with Gasteiger partial charge in [-0.25, -0.2) is 13.1 Å². The number of sulfonamides is 1. The monoisotopic (exact) mass is 372 g/mol. The van der Waals surface area contributed by atoms with E-state index in [9.17, 15) is 13.2 Å². The van der Waals surface area contributed by atoms with Gasteiger partial charge in [0.05, 0.1) is 11.4 Å². The normalized spacial score (nSPS) is 14.2. The van der Waals surface area contributed by atoms with Gasteiger partial charge < -0.3 is 4.90 Å². The van der Waals surface area contributed by atoms with Crippen LogP contribution in [0.15, 0.2) is 41.3 Å². The third-order valence-corrected chi connectivity index (χ3v) is 6.48. The van der Waals surface area contributed by atoms with Gasteiger partial charge in [-0.2, -0.15) is 0 Å². The Morgan fingerprint density at radius 1 is 1.08 bits per heavy atom. The lowest BCUT2D eigenvalue weighted by Crippen LogP contribution is -2.42. The maximum Gasteiger partial charge on any atom is 0.241 e. The van der Waals surface area contributed by atoms with Crippen molar-refractivity contribution in [2.24, 2.45) is 0 Å². The quantitative estimate of drug-likeness (QED) is 0.897. The van der Waals surface area contributed by atoms with Crippen molar-refractivity contribution in [3.8, 4) is 0 Å². The number of amides is 1. The molecule has 2 aromatic carbocycles. The molecule has 0 spiro atoms. The third-order valence-electron chi connectivity index (χ3n) is 4.77. The SMILES string of the molecule is Cc1cc(C)c(S(=O)(=O)NCC(=O)N2CCc3ccccc3C2)c(C)c1. The summed E-state index contributed by atoms with van der Waals surface area (Å²) in [7, 11) is -3.73. The highest BCUT2D eigenvalue weighted by Gasteiger charge is 2.24. The van der Waals surface area contributed by atoms with Crippen LogP contribution in [0.3, 0.4) is 0 Å². The third kappa shape index (κ3) is 3.81. The van der Waals surface area contributed by atoms with Crippen LogP contribution in [0.4, 0.5) is 0 Å². The Labute approximate surface area is 155 Å². The summed E-state index contributed by atoms with van der Waals surface area (Å²) in [4.78, 5) is 14.5. The van der Waals surface area contributed by atoms with Gasteiger partial charge in [0.15, 0.2) is 0 Å². The van der Waals surface area contributed by atoms with Crippen LogP contribution in [0.1, 0.15) is 27.8 Å². The highest BCUT2D eigenvalue weighted by Crippen LogP contribution is 2.22. The Morgan fingerprint density at radius 2 is 1.69 bits per heavy atom. The number of carbonyl (C=O) groups excluding carboxylic acids is 1. The maximum atomic E-state index is 12.7. The number of carbonyl (C=O) groups is 1. The van der Waals surface area contributed by atoms with Crippen molar-refractivity contribution in [2.75, 3.05) is 13.1 Å². The molecule has 6 heteroatoms. The highest BCUT2D eigenvalue weighted by atomic mass is 32.2. The van der Waals surface area contributed by atoms with Gasteiger partial charge in [-0.05, 0) is 49.4 Å². The van der Waals surface area contributed by atoms with Crippen LogP contribution in [0, 0.1) is 20.8 Å². The molecule has 0 saturated heterocycles. The summed E-state index contributed by atoms with van der Waals surface area (Å²) in [6, 6.07) is 11.7. The van der Waals surface area contributed by atoms with E-state index in [4.69, 9.17) is 0 Å². The summed E-state index contributed by atoms with van der Waals surface area (Å²) in [6.45, 7) is 6.40. The Kier molecular flexibility index (Phi) is 5.16. The molecule has 0 bridgehead atoms. The molecular weight excluding hydrogens is 348 g/mol. The Balaban J connectivity index is 1.70. The fourth-order valence-electron chi connectivity index (χ4n) is 3.64. The zero-order valence-corrected chi connectivity index (χ0v) is 16.2. The van der Waals surface area contributed by atoms with Gasteiger partial charge in [0.2, 0.25) is 15.9 Å². The minimum atomic E-state index is -3.73. The van der Waals surface area contributed by atoms with Gasteiger partial charge in [-0.1, -0.05) is 42.0 Å². The lowest BCUT2D eigenvalue weighted by molar-refractivity contribution is -0.130. The average molecular weight is 372 g/mol. The molecule has 1 heterocycles. The minimum absolute atomic E-state index is 0.203. The van der Waals surface area contributed by atoms with Crippen LogP contribution in [0.5, 0.6) is 0 Å². The first-order chi connectivity index (χ1) is 12.3. The molecule has 2 aromatic rings. The van der Waals surface area contributed by atoms with E-state index in [1.807, 2.05) is 37.3 Å². The van der Waals surface area contributed by atoms with Gasteiger partial charge in [0, 0.05) is 13.1 Å². The van der Waals surface area contributed by atoms with E-state index in [1.165, 1.54) is 5.56 Å². The van der Waals surface area contributed by atoms with E-state index in [2.05, 4.69) is 10.8 Å². The van der Waals surface area contributed by atoms with Crippen LogP contribution >= 0.6 is 0 Å². The second-order valence-corrected chi connectivity index (χ2v) is 8.59. The standard InChI is InChI=1S/C20H24N2O3S/c1-14-10-15(2)20(16(3)11-14)26(24,25)21-12-19(23)22-9-8-17-6-4-5-7-18(17)13-22/h4-7,10-11,21H,8-9,12-13H2,1-3H3. The summed E-state index contributed by atoms with van der Waals surface area (Å²) in [5, 5.41) is 0. The number of rotatable bonds is 4. The number of nitrogens with zero attached hydrogens (tertiary/aromatic N) is 1. The van der Waals surface area contributed by atoms with Gasteiger partial charge in [0.25, 0.3) is 0 Å². The predicted octanol–water partition coefficient (Wildman–Crippen LogP) is 2.48. The van der Waals surface area contributed by atoms with Crippen molar-refractivity contribution >= 4 is 15.9 Å². The van der Waals surface area contributed by atoms with Crippen molar-refractivity contribution in [1.82, 2.24) is 9.62 Å². The molecule has 0 radical (unpaired) electrons. The molecule has 0 aliphatic carbocycles. The summed E-state index contributed by atoms with van der Waals surface area (Å²) >= 11 is 0. The van der Waals surface area contributed by atoms with Gasteiger partial charge in [0.1, 0.15) is 0 Å². The van der Waals surface area contributed by atoms with E-state index < -0.39 is 10.0 Å². The summed E-state index contributed by atoms with van der Waals surface area (Å²) in [6.07, 6.45) is 0.796. The molecule has 0 atom stereocenters. The zero-order valence-electron chi connectivity index (χ0n) is 15.4. The van der Waals surface area contributed by atoms with Crippen LogP contribution in [-0.4, -0.2) is 32.3 Å². The van der Waals surface area contributed by atoms with E-state index in [0.717, 1.165) is 17.5 Å². The van der Waals surface area contributed by atoms with E-state index in [0.29, 0.717) is 24.2 Å². The highest BCUT2D eigenvalue weighted by molar-refractivity contribution is 7.89. The van der Waals surface area contributed by atoms with E-state index in [1.54, 1.807) is 18.7 Å². The van der Waals surface area contributed by atoms with Crippen molar-refractivity contribution in [3.05, 3.63) is 64.2 Å². The Bertz CT molecular complexity index is 928. The number of nitrogens with one attached hydrogen (secondary N) is 1. The number of aryl methyl sites for hydroxylation is 3. The van der Waals surface area contributed by atoms with Crippen LogP contribution < -0.4 is 4.72 Å². The van der Waals surface area contributed by atoms with Crippen LogP contribution in [-0.2, 0) is 27.8 Å².